The minimum absolute atomic E-state index is 0. The number of carbonyl (C=O) groups excluding carboxylic acids is 2. The monoisotopic (exact) mass is 397 g/mol. The molecule has 1 aromatic heterocycles. The van der Waals surface area contributed by atoms with Gasteiger partial charge in [-0.05, 0) is 36.1 Å². The molecule has 0 unspecified atom stereocenters. The first kappa shape index (κ1) is 22.4. The number of hydrogen-bond donors (Lipinski definition) is 2. The highest BCUT2D eigenvalue weighted by molar-refractivity contribution is 5.77. The molecule has 2 aromatic rings. The van der Waals surface area contributed by atoms with E-state index >= 15 is 0 Å². The Kier molecular flexibility index (Phi) is 8.15. The van der Waals surface area contributed by atoms with Gasteiger partial charge in [0.15, 0.2) is 0 Å². The van der Waals surface area contributed by atoms with Crippen LogP contribution in [0, 0.1) is 0 Å². The number of hydrazine groups is 1. The number of piperazine rings is 1. The van der Waals surface area contributed by atoms with Crippen LogP contribution in [0.5, 0.6) is 0 Å². The molecule has 29 heavy (non-hydrogen) atoms. The molecule has 156 valence electrons. The zero-order chi connectivity index (χ0) is 19.9. The number of aryl methyl sites for hydroxylation is 2. The van der Waals surface area contributed by atoms with Gasteiger partial charge in [0.05, 0.1) is 18.3 Å². The van der Waals surface area contributed by atoms with Crippen molar-refractivity contribution in [3.05, 3.63) is 59.4 Å². The third-order valence-corrected chi connectivity index (χ3v) is 5.12. The number of hydrogen-bond acceptors (Lipinski definition) is 5. The van der Waals surface area contributed by atoms with Gasteiger partial charge >= 0.3 is 0 Å². The maximum Gasteiger partial charge on any atom is 0.238 e. The van der Waals surface area contributed by atoms with Gasteiger partial charge in [-0.15, -0.1) is 0 Å². The van der Waals surface area contributed by atoms with Crippen molar-refractivity contribution in [1.82, 2.24) is 15.3 Å². The molecule has 0 radical (unpaired) electrons. The van der Waals surface area contributed by atoms with E-state index in [1.54, 1.807) is 6.92 Å². The fourth-order valence-electron chi connectivity index (χ4n) is 3.36. The van der Waals surface area contributed by atoms with Crippen LogP contribution in [0.15, 0.2) is 42.6 Å². The van der Waals surface area contributed by atoms with Crippen LogP contribution in [0.25, 0.3) is 0 Å². The third kappa shape index (κ3) is 6.29. The molecule has 0 spiro atoms. The van der Waals surface area contributed by atoms with E-state index in [0.29, 0.717) is 6.42 Å². The third-order valence-electron chi connectivity index (χ3n) is 5.12. The maximum atomic E-state index is 11.4. The average molecular weight is 398 g/mol. The van der Waals surface area contributed by atoms with Crippen LogP contribution in [-0.4, -0.2) is 47.9 Å². The molecule has 1 aromatic carbocycles. The van der Waals surface area contributed by atoms with Crippen molar-refractivity contribution in [2.75, 3.05) is 31.1 Å². The number of aromatic nitrogens is 1. The van der Waals surface area contributed by atoms with E-state index < -0.39 is 0 Å². The second-order valence-electron chi connectivity index (χ2n) is 7.06. The summed E-state index contributed by atoms with van der Waals surface area (Å²) in [6.45, 7) is 4.83. The summed E-state index contributed by atoms with van der Waals surface area (Å²) in [7, 11) is 0. The standard InChI is InChI=1S/C21H27N5O2.CH4/c1-16(27)25-10-12-26(13-11-25)20-9-8-19(23-15-20)7-6-17-2-4-18(5-3-17)14-21(28)24-22;/h2-5,8-9,15H,6-7,10-14,22H2,1H3,(H,24,28);1H4. The van der Waals surface area contributed by atoms with Crippen LogP contribution in [-0.2, 0) is 28.9 Å². The van der Waals surface area contributed by atoms with Gasteiger partial charge in [-0.2, -0.15) is 0 Å². The van der Waals surface area contributed by atoms with Crippen LogP contribution in [0.1, 0.15) is 31.2 Å². The summed E-state index contributed by atoms with van der Waals surface area (Å²) in [5.74, 6) is 5.06. The van der Waals surface area contributed by atoms with Crippen LogP contribution in [0.3, 0.4) is 0 Å². The Balaban J connectivity index is 0.00000300. The predicted octanol–water partition coefficient (Wildman–Crippen LogP) is 1.70. The Labute approximate surface area is 172 Å². The van der Waals surface area contributed by atoms with Gasteiger partial charge < -0.3 is 9.80 Å². The highest BCUT2D eigenvalue weighted by Crippen LogP contribution is 2.17. The molecule has 0 aliphatic carbocycles. The Bertz CT molecular complexity index is 797. The number of nitrogens with zero attached hydrogens (tertiary/aromatic N) is 3. The molecule has 0 atom stereocenters. The molecule has 1 aliphatic rings. The van der Waals surface area contributed by atoms with Gasteiger partial charge in [0.1, 0.15) is 0 Å². The first-order valence-corrected chi connectivity index (χ1v) is 9.58. The number of nitrogens with one attached hydrogen (secondary N) is 1. The molecule has 2 heterocycles. The molecule has 0 saturated carbocycles. The largest absolute Gasteiger partial charge is 0.367 e. The van der Waals surface area contributed by atoms with Crippen molar-refractivity contribution < 1.29 is 9.59 Å². The molecule has 0 bridgehead atoms. The second kappa shape index (κ2) is 10.6. The van der Waals surface area contributed by atoms with Gasteiger partial charge in [0, 0.05) is 38.8 Å². The number of anilines is 1. The van der Waals surface area contributed by atoms with Crippen molar-refractivity contribution in [1.29, 1.82) is 0 Å². The molecule has 1 fully saturated rings. The molecule has 3 N–H and O–H groups in total. The zero-order valence-corrected chi connectivity index (χ0v) is 16.2. The fourth-order valence-corrected chi connectivity index (χ4v) is 3.36. The summed E-state index contributed by atoms with van der Waals surface area (Å²) in [6.07, 6.45) is 3.97. The second-order valence-corrected chi connectivity index (χ2v) is 7.06. The minimum Gasteiger partial charge on any atom is -0.367 e. The fraction of sp³-hybridized carbons (Fsp3) is 0.409. The number of rotatable bonds is 6. The molecule has 3 rings (SSSR count). The summed E-state index contributed by atoms with van der Waals surface area (Å²) in [5.41, 5.74) is 6.46. The molecular weight excluding hydrogens is 366 g/mol. The molecule has 1 saturated heterocycles. The van der Waals surface area contributed by atoms with E-state index in [4.69, 9.17) is 5.84 Å². The maximum absolute atomic E-state index is 11.4. The normalized spacial score (nSPS) is 13.6. The number of pyridine rings is 1. The van der Waals surface area contributed by atoms with E-state index in [9.17, 15) is 9.59 Å². The lowest BCUT2D eigenvalue weighted by atomic mass is 10.0. The molecular formula is C22H31N5O2. The lowest BCUT2D eigenvalue weighted by molar-refractivity contribution is -0.129. The Morgan fingerprint density at radius 3 is 2.21 bits per heavy atom. The van der Waals surface area contributed by atoms with Gasteiger partial charge in [-0.1, -0.05) is 31.7 Å². The molecule has 1 aliphatic heterocycles. The molecule has 2 amide bonds. The predicted molar refractivity (Wildman–Crippen MR) is 115 cm³/mol. The number of amides is 2. The van der Waals surface area contributed by atoms with Crippen molar-refractivity contribution >= 4 is 17.5 Å². The number of carbonyl (C=O) groups is 2. The summed E-state index contributed by atoms with van der Waals surface area (Å²) < 4.78 is 0. The van der Waals surface area contributed by atoms with Gasteiger partial charge in [-0.3, -0.25) is 20.0 Å². The quantitative estimate of drug-likeness (QED) is 0.440. The van der Waals surface area contributed by atoms with Crippen LogP contribution >= 0.6 is 0 Å². The number of nitrogens with two attached hydrogens (primary N) is 1. The van der Waals surface area contributed by atoms with E-state index in [1.807, 2.05) is 35.4 Å². The Morgan fingerprint density at radius 2 is 1.66 bits per heavy atom. The topological polar surface area (TPSA) is 91.6 Å². The first-order chi connectivity index (χ1) is 13.5. The van der Waals surface area contributed by atoms with Crippen LogP contribution in [0.2, 0.25) is 0 Å². The lowest BCUT2D eigenvalue weighted by Crippen LogP contribution is -2.48. The van der Waals surface area contributed by atoms with Crippen LogP contribution in [0.4, 0.5) is 5.69 Å². The molecule has 7 heteroatoms. The first-order valence-electron chi connectivity index (χ1n) is 9.58. The highest BCUT2D eigenvalue weighted by Gasteiger charge is 2.18. The van der Waals surface area contributed by atoms with E-state index in [1.165, 1.54) is 5.56 Å². The van der Waals surface area contributed by atoms with Crippen LogP contribution < -0.4 is 16.2 Å². The minimum atomic E-state index is -0.195. The summed E-state index contributed by atoms with van der Waals surface area (Å²) in [5, 5.41) is 0. The summed E-state index contributed by atoms with van der Waals surface area (Å²) >= 11 is 0. The number of benzene rings is 1. The van der Waals surface area contributed by atoms with Crippen molar-refractivity contribution in [2.45, 2.75) is 33.6 Å². The summed E-state index contributed by atoms with van der Waals surface area (Å²) in [4.78, 5) is 31.5. The SMILES string of the molecule is C.CC(=O)N1CCN(c2ccc(CCc3ccc(CC(=O)NN)cc3)nc2)CC1. The Morgan fingerprint density at radius 1 is 1.00 bits per heavy atom. The highest BCUT2D eigenvalue weighted by atomic mass is 16.2. The van der Waals surface area contributed by atoms with Gasteiger partial charge in [-0.25, -0.2) is 5.84 Å². The van der Waals surface area contributed by atoms with E-state index in [0.717, 1.165) is 56.0 Å². The average Bonchev–Trinajstić information content (AvgIpc) is 2.73. The van der Waals surface area contributed by atoms with Crippen molar-refractivity contribution in [3.63, 3.8) is 0 Å². The van der Waals surface area contributed by atoms with Crippen molar-refractivity contribution in [3.8, 4) is 0 Å². The van der Waals surface area contributed by atoms with Gasteiger partial charge in [0.2, 0.25) is 11.8 Å². The van der Waals surface area contributed by atoms with E-state index in [-0.39, 0.29) is 19.2 Å². The Hall–Kier alpha value is -2.93. The van der Waals surface area contributed by atoms with E-state index in [2.05, 4.69) is 27.4 Å². The zero-order valence-electron chi connectivity index (χ0n) is 16.2. The lowest BCUT2D eigenvalue weighted by Gasteiger charge is -2.35. The smallest absolute Gasteiger partial charge is 0.238 e. The molecule has 7 nitrogen and oxygen atoms in total. The van der Waals surface area contributed by atoms with Crippen molar-refractivity contribution in [2.24, 2.45) is 5.84 Å². The summed E-state index contributed by atoms with van der Waals surface area (Å²) in [6, 6.07) is 12.2. The van der Waals surface area contributed by atoms with Gasteiger partial charge in [0.25, 0.3) is 0 Å².